The second kappa shape index (κ2) is 5.40. The molecule has 0 radical (unpaired) electrons. The number of hydrogen-bond donors (Lipinski definition) is 1. The van der Waals surface area contributed by atoms with Crippen molar-refractivity contribution in [1.82, 2.24) is 0 Å². The van der Waals surface area contributed by atoms with Crippen LogP contribution in [0.25, 0.3) is 0 Å². The minimum atomic E-state index is -0.349. The van der Waals surface area contributed by atoms with Crippen molar-refractivity contribution in [3.8, 4) is 11.5 Å². The molecule has 0 fully saturated rings. The summed E-state index contributed by atoms with van der Waals surface area (Å²) in [5, 5.41) is 0. The fraction of sp³-hybridized carbons (Fsp3) is 0.143. The minimum absolute atomic E-state index is 0.291. The molecule has 2 N–H and O–H groups in total. The molecule has 3 nitrogen and oxygen atoms in total. The van der Waals surface area contributed by atoms with Gasteiger partial charge in [0.1, 0.15) is 23.9 Å². The molecule has 4 heteroatoms. The fourth-order valence-corrected chi connectivity index (χ4v) is 1.55. The average molecular weight is 247 g/mol. The summed E-state index contributed by atoms with van der Waals surface area (Å²) in [4.78, 5) is 0. The van der Waals surface area contributed by atoms with Crippen molar-refractivity contribution in [1.29, 1.82) is 0 Å². The van der Waals surface area contributed by atoms with Crippen LogP contribution in [0, 0.1) is 5.82 Å². The maximum Gasteiger partial charge on any atom is 0.125 e. The molecule has 0 saturated carbocycles. The molecule has 0 aromatic heterocycles. The van der Waals surface area contributed by atoms with E-state index >= 15 is 0 Å². The molecule has 18 heavy (non-hydrogen) atoms. The van der Waals surface area contributed by atoms with Crippen LogP contribution >= 0.6 is 0 Å². The first-order chi connectivity index (χ1) is 8.69. The highest BCUT2D eigenvalue weighted by Crippen LogP contribution is 2.21. The second-order valence-electron chi connectivity index (χ2n) is 3.81. The molecule has 2 rings (SSSR count). The SMILES string of the molecule is COc1cccc(OCc2ccc(F)cc2N)c1. The van der Waals surface area contributed by atoms with Crippen molar-refractivity contribution in [3.05, 3.63) is 53.8 Å². The van der Waals surface area contributed by atoms with Gasteiger partial charge in [-0.15, -0.1) is 0 Å². The van der Waals surface area contributed by atoms with Crippen molar-refractivity contribution in [2.75, 3.05) is 12.8 Å². The van der Waals surface area contributed by atoms with Gasteiger partial charge in [0.15, 0.2) is 0 Å². The number of ether oxygens (including phenoxy) is 2. The molecule has 0 atom stereocenters. The number of halogens is 1. The van der Waals surface area contributed by atoms with Gasteiger partial charge in [-0.25, -0.2) is 4.39 Å². The van der Waals surface area contributed by atoms with E-state index in [-0.39, 0.29) is 5.82 Å². The van der Waals surface area contributed by atoms with E-state index in [0.717, 1.165) is 11.3 Å². The van der Waals surface area contributed by atoms with Crippen LogP contribution in [-0.2, 0) is 6.61 Å². The van der Waals surface area contributed by atoms with Gasteiger partial charge < -0.3 is 15.2 Å². The zero-order valence-corrected chi connectivity index (χ0v) is 10.0. The third-order valence-corrected chi connectivity index (χ3v) is 2.54. The van der Waals surface area contributed by atoms with Crippen LogP contribution < -0.4 is 15.2 Å². The Morgan fingerprint density at radius 2 is 1.89 bits per heavy atom. The van der Waals surface area contributed by atoms with Gasteiger partial charge in [-0.2, -0.15) is 0 Å². The van der Waals surface area contributed by atoms with Crippen LogP contribution in [0.4, 0.5) is 10.1 Å². The largest absolute Gasteiger partial charge is 0.497 e. The molecule has 0 saturated heterocycles. The van der Waals surface area contributed by atoms with Crippen molar-refractivity contribution >= 4 is 5.69 Å². The third kappa shape index (κ3) is 2.91. The van der Waals surface area contributed by atoms with Crippen LogP contribution in [0.1, 0.15) is 5.56 Å². The van der Waals surface area contributed by atoms with Gasteiger partial charge in [-0.1, -0.05) is 12.1 Å². The summed E-state index contributed by atoms with van der Waals surface area (Å²) in [5.74, 6) is 1.05. The molecule has 0 unspecified atom stereocenters. The average Bonchev–Trinajstić information content (AvgIpc) is 2.38. The third-order valence-electron chi connectivity index (χ3n) is 2.54. The fourth-order valence-electron chi connectivity index (χ4n) is 1.55. The standard InChI is InChI=1S/C14H14FNO2/c1-17-12-3-2-4-13(8-12)18-9-10-5-6-11(15)7-14(10)16/h2-8H,9,16H2,1H3. The lowest BCUT2D eigenvalue weighted by atomic mass is 10.2. The Balaban J connectivity index is 2.06. The monoisotopic (exact) mass is 247 g/mol. The molecule has 94 valence electrons. The molecule has 0 aliphatic heterocycles. The van der Waals surface area contributed by atoms with E-state index in [1.54, 1.807) is 19.2 Å². The lowest BCUT2D eigenvalue weighted by molar-refractivity contribution is 0.304. The van der Waals surface area contributed by atoms with Gasteiger partial charge in [0.25, 0.3) is 0 Å². The first-order valence-electron chi connectivity index (χ1n) is 5.50. The topological polar surface area (TPSA) is 44.5 Å². The summed E-state index contributed by atoms with van der Waals surface area (Å²) in [6.07, 6.45) is 0. The zero-order chi connectivity index (χ0) is 13.0. The summed E-state index contributed by atoms with van der Waals surface area (Å²) in [7, 11) is 1.59. The molecule has 0 heterocycles. The van der Waals surface area contributed by atoms with Crippen LogP contribution in [0.2, 0.25) is 0 Å². The number of rotatable bonds is 4. The molecule has 0 amide bonds. The predicted octanol–water partition coefficient (Wildman–Crippen LogP) is 3.00. The maximum absolute atomic E-state index is 12.9. The number of anilines is 1. The molecule has 0 bridgehead atoms. The number of methoxy groups -OCH3 is 1. The summed E-state index contributed by atoms with van der Waals surface area (Å²) in [6.45, 7) is 0.291. The number of nitrogens with two attached hydrogens (primary N) is 1. The molecule has 2 aromatic rings. The molecule has 0 spiro atoms. The second-order valence-corrected chi connectivity index (χ2v) is 3.81. The van der Waals surface area contributed by atoms with Crippen molar-refractivity contribution in [2.45, 2.75) is 6.61 Å². The Morgan fingerprint density at radius 1 is 1.11 bits per heavy atom. The Morgan fingerprint density at radius 3 is 2.61 bits per heavy atom. The summed E-state index contributed by atoms with van der Waals surface area (Å²) >= 11 is 0. The van der Waals surface area contributed by atoms with Gasteiger partial charge in [-0.05, 0) is 24.3 Å². The Hall–Kier alpha value is -2.23. The van der Waals surface area contributed by atoms with Crippen molar-refractivity contribution in [3.63, 3.8) is 0 Å². The van der Waals surface area contributed by atoms with Gasteiger partial charge in [-0.3, -0.25) is 0 Å². The lowest BCUT2D eigenvalue weighted by Crippen LogP contribution is -2.00. The highest BCUT2D eigenvalue weighted by Gasteiger charge is 2.02. The summed E-state index contributed by atoms with van der Waals surface area (Å²) in [5.41, 5.74) is 6.83. The van der Waals surface area contributed by atoms with Gasteiger partial charge >= 0.3 is 0 Å². The van der Waals surface area contributed by atoms with E-state index in [0.29, 0.717) is 18.0 Å². The molecular formula is C14H14FNO2. The smallest absolute Gasteiger partial charge is 0.125 e. The van der Waals surface area contributed by atoms with Crippen LogP contribution in [-0.4, -0.2) is 7.11 Å². The molecule has 2 aromatic carbocycles. The van der Waals surface area contributed by atoms with Crippen LogP contribution in [0.5, 0.6) is 11.5 Å². The van der Waals surface area contributed by atoms with E-state index in [1.807, 2.05) is 18.2 Å². The maximum atomic E-state index is 12.9. The van der Waals surface area contributed by atoms with Crippen molar-refractivity contribution in [2.24, 2.45) is 0 Å². The van der Waals surface area contributed by atoms with Crippen LogP contribution in [0.3, 0.4) is 0 Å². The highest BCUT2D eigenvalue weighted by atomic mass is 19.1. The first-order valence-corrected chi connectivity index (χ1v) is 5.50. The number of benzene rings is 2. The van der Waals surface area contributed by atoms with Gasteiger partial charge in [0.05, 0.1) is 7.11 Å². The van der Waals surface area contributed by atoms with E-state index in [2.05, 4.69) is 0 Å². The Kier molecular flexibility index (Phi) is 3.67. The first kappa shape index (κ1) is 12.2. The number of hydrogen-bond acceptors (Lipinski definition) is 3. The van der Waals surface area contributed by atoms with E-state index < -0.39 is 0 Å². The van der Waals surface area contributed by atoms with Crippen molar-refractivity contribution < 1.29 is 13.9 Å². The van der Waals surface area contributed by atoms with Crippen LogP contribution in [0.15, 0.2) is 42.5 Å². The van der Waals surface area contributed by atoms with E-state index in [9.17, 15) is 4.39 Å². The van der Waals surface area contributed by atoms with Gasteiger partial charge in [0, 0.05) is 17.3 Å². The van der Waals surface area contributed by atoms with E-state index in [4.69, 9.17) is 15.2 Å². The number of nitrogen functional groups attached to an aromatic ring is 1. The molecular weight excluding hydrogens is 233 g/mol. The highest BCUT2D eigenvalue weighted by molar-refractivity contribution is 5.46. The molecule has 0 aliphatic rings. The normalized spacial score (nSPS) is 10.1. The van der Waals surface area contributed by atoms with E-state index in [1.165, 1.54) is 12.1 Å². The minimum Gasteiger partial charge on any atom is -0.497 e. The quantitative estimate of drug-likeness (QED) is 0.845. The summed E-state index contributed by atoms with van der Waals surface area (Å²) < 4.78 is 23.5. The zero-order valence-electron chi connectivity index (χ0n) is 10.0. The summed E-state index contributed by atoms with van der Waals surface area (Å²) in [6, 6.07) is 11.5. The Labute approximate surface area is 105 Å². The lowest BCUT2D eigenvalue weighted by Gasteiger charge is -2.09. The molecule has 0 aliphatic carbocycles. The Bertz CT molecular complexity index is 543. The predicted molar refractivity (Wildman–Crippen MR) is 68.1 cm³/mol. The van der Waals surface area contributed by atoms with Gasteiger partial charge in [0.2, 0.25) is 0 Å².